The van der Waals surface area contributed by atoms with E-state index in [2.05, 4.69) is 32.3 Å². The Morgan fingerprint density at radius 1 is 1.33 bits per heavy atom. The van der Waals surface area contributed by atoms with Crippen molar-refractivity contribution < 1.29 is 9.32 Å². The number of aromatic nitrogens is 3. The molecular formula is C19H28N6O2. The Bertz CT molecular complexity index is 832. The topological polar surface area (TPSA) is 87.4 Å². The number of amides is 1. The summed E-state index contributed by atoms with van der Waals surface area (Å²) < 4.78 is 5.17. The van der Waals surface area contributed by atoms with Crippen molar-refractivity contribution in [3.8, 4) is 0 Å². The summed E-state index contributed by atoms with van der Waals surface area (Å²) in [4.78, 5) is 25.0. The smallest absolute Gasteiger partial charge is 0.291 e. The summed E-state index contributed by atoms with van der Waals surface area (Å²) in [5.41, 5.74) is 2.78. The van der Waals surface area contributed by atoms with E-state index in [0.29, 0.717) is 6.04 Å². The summed E-state index contributed by atoms with van der Waals surface area (Å²) in [7, 11) is 3.42. The van der Waals surface area contributed by atoms with Crippen LogP contribution in [0.2, 0.25) is 0 Å². The molecule has 1 saturated heterocycles. The largest absolute Gasteiger partial charge is 0.361 e. The second kappa shape index (κ2) is 7.64. The minimum absolute atomic E-state index is 0.117. The molecule has 8 nitrogen and oxygen atoms in total. The molecule has 0 radical (unpaired) electrons. The number of carbonyl (C=O) groups is 1. The molecule has 3 heterocycles. The number of carbonyl (C=O) groups excluding carboxylic acids is 1. The zero-order valence-corrected chi connectivity index (χ0v) is 16.9. The van der Waals surface area contributed by atoms with Gasteiger partial charge in [-0.3, -0.25) is 4.79 Å². The lowest BCUT2D eigenvalue weighted by Gasteiger charge is -2.23. The van der Waals surface area contributed by atoms with Crippen molar-refractivity contribution in [2.75, 3.05) is 32.1 Å². The van der Waals surface area contributed by atoms with E-state index in [4.69, 9.17) is 4.52 Å². The lowest BCUT2D eigenvalue weighted by atomic mass is 10.2. The molecule has 2 aromatic heterocycles. The van der Waals surface area contributed by atoms with Crippen molar-refractivity contribution >= 4 is 11.7 Å². The molecule has 1 aliphatic rings. The number of rotatable bonds is 5. The average molecular weight is 372 g/mol. The molecule has 1 aliphatic heterocycles. The van der Waals surface area contributed by atoms with Crippen molar-refractivity contribution in [3.63, 3.8) is 0 Å². The van der Waals surface area contributed by atoms with E-state index < -0.39 is 0 Å². The maximum Gasteiger partial charge on any atom is 0.291 e. The first-order valence-corrected chi connectivity index (χ1v) is 9.27. The number of nitrogens with zero attached hydrogens (tertiary/aromatic N) is 5. The van der Waals surface area contributed by atoms with Crippen LogP contribution in [0.5, 0.6) is 0 Å². The molecule has 1 fully saturated rings. The third-order valence-corrected chi connectivity index (χ3v) is 5.02. The van der Waals surface area contributed by atoms with E-state index in [9.17, 15) is 4.79 Å². The standard InChI is InChI=1S/C19H28N6O2/c1-11-9-16(23-27-11)14(4)20-15-7-8-25(10-15)18-12(2)13(3)21-17(22-18)19(26)24(5)6/h9,14-15,20H,7-8,10H2,1-6H3/t14?,15-/m1/s1. The van der Waals surface area contributed by atoms with Gasteiger partial charge in [0.25, 0.3) is 5.91 Å². The Morgan fingerprint density at radius 3 is 2.70 bits per heavy atom. The van der Waals surface area contributed by atoms with E-state index in [0.717, 1.165) is 48.0 Å². The molecule has 2 atom stereocenters. The Balaban J connectivity index is 1.73. The molecule has 27 heavy (non-hydrogen) atoms. The number of nitrogens with one attached hydrogen (secondary N) is 1. The minimum Gasteiger partial charge on any atom is -0.361 e. The van der Waals surface area contributed by atoms with Gasteiger partial charge in [-0.15, -0.1) is 0 Å². The summed E-state index contributed by atoms with van der Waals surface area (Å²) in [6, 6.07) is 2.40. The molecule has 3 rings (SSSR count). The highest BCUT2D eigenvalue weighted by Gasteiger charge is 2.28. The van der Waals surface area contributed by atoms with Gasteiger partial charge >= 0.3 is 0 Å². The predicted molar refractivity (Wildman–Crippen MR) is 103 cm³/mol. The van der Waals surface area contributed by atoms with Gasteiger partial charge in [0.15, 0.2) is 0 Å². The van der Waals surface area contributed by atoms with Crippen molar-refractivity contribution in [3.05, 3.63) is 34.6 Å². The van der Waals surface area contributed by atoms with Crippen LogP contribution in [0.25, 0.3) is 0 Å². The van der Waals surface area contributed by atoms with E-state index in [-0.39, 0.29) is 17.8 Å². The number of aryl methyl sites for hydroxylation is 2. The minimum atomic E-state index is -0.178. The van der Waals surface area contributed by atoms with Crippen LogP contribution in [-0.4, -0.2) is 59.2 Å². The second-order valence-electron chi connectivity index (χ2n) is 7.46. The Labute approximate surface area is 159 Å². The van der Waals surface area contributed by atoms with Crippen molar-refractivity contribution in [1.82, 2.24) is 25.3 Å². The first kappa shape index (κ1) is 19.3. The summed E-state index contributed by atoms with van der Waals surface area (Å²) >= 11 is 0. The van der Waals surface area contributed by atoms with E-state index in [1.165, 1.54) is 4.90 Å². The first-order valence-electron chi connectivity index (χ1n) is 9.27. The van der Waals surface area contributed by atoms with Crippen LogP contribution >= 0.6 is 0 Å². The van der Waals surface area contributed by atoms with Crippen LogP contribution in [0, 0.1) is 20.8 Å². The highest BCUT2D eigenvalue weighted by molar-refractivity contribution is 5.90. The fourth-order valence-corrected chi connectivity index (χ4v) is 3.33. The Hall–Kier alpha value is -2.48. The fourth-order valence-electron chi connectivity index (χ4n) is 3.33. The molecule has 1 N–H and O–H groups in total. The van der Waals surface area contributed by atoms with Gasteiger partial charge < -0.3 is 19.6 Å². The summed E-state index contributed by atoms with van der Waals surface area (Å²) in [5.74, 6) is 1.74. The number of anilines is 1. The number of hydrogen-bond donors (Lipinski definition) is 1. The molecule has 146 valence electrons. The molecule has 0 bridgehead atoms. The first-order chi connectivity index (χ1) is 12.8. The molecule has 1 amide bonds. The summed E-state index contributed by atoms with van der Waals surface area (Å²) in [6.07, 6.45) is 1.00. The van der Waals surface area contributed by atoms with Crippen LogP contribution in [0.3, 0.4) is 0 Å². The van der Waals surface area contributed by atoms with Gasteiger partial charge in [0.1, 0.15) is 17.3 Å². The maximum absolute atomic E-state index is 12.3. The Morgan fingerprint density at radius 2 is 2.07 bits per heavy atom. The van der Waals surface area contributed by atoms with Crippen LogP contribution < -0.4 is 10.2 Å². The van der Waals surface area contributed by atoms with Crippen molar-refractivity contribution in [1.29, 1.82) is 0 Å². The normalized spacial score (nSPS) is 18.0. The van der Waals surface area contributed by atoms with Gasteiger partial charge in [-0.2, -0.15) is 0 Å². The fraction of sp³-hybridized carbons (Fsp3) is 0.579. The van der Waals surface area contributed by atoms with Gasteiger partial charge in [0.05, 0.1) is 6.04 Å². The third kappa shape index (κ3) is 4.10. The van der Waals surface area contributed by atoms with Gasteiger partial charge in [-0.05, 0) is 34.1 Å². The van der Waals surface area contributed by atoms with Gasteiger partial charge in [-0.25, -0.2) is 9.97 Å². The van der Waals surface area contributed by atoms with Gasteiger partial charge in [0, 0.05) is 50.6 Å². The SMILES string of the molecule is Cc1cc(C(C)N[C@@H]2CCN(c3nc(C(=O)N(C)C)nc(C)c3C)C2)no1. The number of hydrogen-bond acceptors (Lipinski definition) is 7. The zero-order valence-electron chi connectivity index (χ0n) is 16.9. The monoisotopic (exact) mass is 372 g/mol. The highest BCUT2D eigenvalue weighted by Crippen LogP contribution is 2.25. The highest BCUT2D eigenvalue weighted by atomic mass is 16.5. The molecule has 8 heteroatoms. The predicted octanol–water partition coefficient (Wildman–Crippen LogP) is 2.02. The summed E-state index contributed by atoms with van der Waals surface area (Å²) in [6.45, 7) is 9.63. The van der Waals surface area contributed by atoms with E-state index >= 15 is 0 Å². The molecule has 0 saturated carbocycles. The lowest BCUT2D eigenvalue weighted by molar-refractivity contribution is 0.0815. The molecule has 0 spiro atoms. The van der Waals surface area contributed by atoms with Crippen LogP contribution in [-0.2, 0) is 0 Å². The molecule has 2 aromatic rings. The van der Waals surface area contributed by atoms with Crippen molar-refractivity contribution in [2.24, 2.45) is 0 Å². The lowest BCUT2D eigenvalue weighted by Crippen LogP contribution is -2.35. The van der Waals surface area contributed by atoms with Gasteiger partial charge in [0.2, 0.25) is 5.82 Å². The van der Waals surface area contributed by atoms with Crippen molar-refractivity contribution in [2.45, 2.75) is 46.2 Å². The average Bonchev–Trinajstić information content (AvgIpc) is 3.25. The molecule has 1 unspecified atom stereocenters. The zero-order chi connectivity index (χ0) is 19.7. The second-order valence-corrected chi connectivity index (χ2v) is 7.46. The van der Waals surface area contributed by atoms with Crippen LogP contribution in [0.1, 0.15) is 52.7 Å². The maximum atomic E-state index is 12.3. The third-order valence-electron chi connectivity index (χ3n) is 5.02. The molecule has 0 aliphatic carbocycles. The summed E-state index contributed by atoms with van der Waals surface area (Å²) in [5, 5.41) is 7.71. The van der Waals surface area contributed by atoms with Crippen LogP contribution in [0.4, 0.5) is 5.82 Å². The van der Waals surface area contributed by atoms with E-state index in [1.807, 2.05) is 26.8 Å². The quantitative estimate of drug-likeness (QED) is 0.859. The van der Waals surface area contributed by atoms with Gasteiger partial charge in [-0.1, -0.05) is 5.16 Å². The molecule has 0 aromatic carbocycles. The molecular weight excluding hydrogens is 344 g/mol. The van der Waals surface area contributed by atoms with Crippen LogP contribution in [0.15, 0.2) is 10.6 Å². The van der Waals surface area contributed by atoms with E-state index in [1.54, 1.807) is 14.1 Å². The Kier molecular flexibility index (Phi) is 5.46.